The van der Waals surface area contributed by atoms with Crippen LogP contribution in [0.1, 0.15) is 46.0 Å². The lowest BCUT2D eigenvalue weighted by Gasteiger charge is -2.24. The third-order valence-corrected chi connectivity index (χ3v) is 3.08. The fourth-order valence-electron chi connectivity index (χ4n) is 2.26. The first-order chi connectivity index (χ1) is 5.29. The van der Waals surface area contributed by atoms with Gasteiger partial charge in [0.2, 0.25) is 0 Å². The number of hydrogen-bond donors (Lipinski definition) is 0. The lowest BCUT2D eigenvalue weighted by atomic mass is 10.1. The first-order valence-electron chi connectivity index (χ1n) is 5.01. The molecule has 0 amide bonds. The van der Waals surface area contributed by atoms with Gasteiger partial charge in [0.1, 0.15) is 0 Å². The first kappa shape index (κ1) is 9.05. The van der Waals surface area contributed by atoms with Crippen LogP contribution >= 0.6 is 0 Å². The molecule has 0 aliphatic carbocycles. The van der Waals surface area contributed by atoms with Gasteiger partial charge in [0.05, 0.1) is 0 Å². The second-order valence-corrected chi connectivity index (χ2v) is 3.75. The average Bonchev–Trinajstić information content (AvgIpc) is 2.34. The van der Waals surface area contributed by atoms with E-state index in [0.717, 1.165) is 12.1 Å². The van der Waals surface area contributed by atoms with E-state index in [2.05, 4.69) is 25.8 Å². The van der Waals surface area contributed by atoms with Gasteiger partial charge < -0.3 is 4.90 Å². The Morgan fingerprint density at radius 2 is 1.82 bits per heavy atom. The summed E-state index contributed by atoms with van der Waals surface area (Å²) in [6.45, 7) is 4.59. The molecule has 0 bridgehead atoms. The summed E-state index contributed by atoms with van der Waals surface area (Å²) in [7, 11) is 2.29. The maximum absolute atomic E-state index is 2.59. The quantitative estimate of drug-likeness (QED) is 0.605. The third kappa shape index (κ3) is 1.96. The highest BCUT2D eigenvalue weighted by Crippen LogP contribution is 2.26. The Balaban J connectivity index is 2.35. The fraction of sp³-hybridized carbons (Fsp3) is 1.00. The minimum atomic E-state index is 0.881. The van der Waals surface area contributed by atoms with Gasteiger partial charge in [0, 0.05) is 12.1 Å². The van der Waals surface area contributed by atoms with Gasteiger partial charge >= 0.3 is 0 Å². The van der Waals surface area contributed by atoms with Crippen LogP contribution in [-0.4, -0.2) is 24.0 Å². The minimum Gasteiger partial charge on any atom is -0.300 e. The zero-order valence-electron chi connectivity index (χ0n) is 8.14. The normalized spacial score (nSPS) is 33.0. The van der Waals surface area contributed by atoms with Gasteiger partial charge in [-0.05, 0) is 32.7 Å². The smallest absolute Gasteiger partial charge is 0.00956 e. The summed E-state index contributed by atoms with van der Waals surface area (Å²) in [4.78, 5) is 2.59. The van der Waals surface area contributed by atoms with Crippen molar-refractivity contribution in [3.05, 3.63) is 0 Å². The molecule has 1 aliphatic heterocycles. The van der Waals surface area contributed by atoms with Gasteiger partial charge in [-0.15, -0.1) is 0 Å². The summed E-state index contributed by atoms with van der Waals surface area (Å²) in [6, 6.07) is 1.77. The summed E-state index contributed by atoms with van der Waals surface area (Å²) in [5.74, 6) is 0. The Hall–Kier alpha value is -0.0400. The minimum absolute atomic E-state index is 0.881. The molecule has 1 heteroatoms. The molecule has 0 aromatic rings. The summed E-state index contributed by atoms with van der Waals surface area (Å²) in [5, 5.41) is 0. The summed E-state index contributed by atoms with van der Waals surface area (Å²) >= 11 is 0. The van der Waals surface area contributed by atoms with Crippen molar-refractivity contribution in [3.63, 3.8) is 0 Å². The highest BCUT2D eigenvalue weighted by molar-refractivity contribution is 4.83. The SMILES string of the molecule is CCCC1CCC(CC)N1C. The molecule has 1 heterocycles. The molecule has 2 atom stereocenters. The van der Waals surface area contributed by atoms with Crippen molar-refractivity contribution in [1.29, 1.82) is 0 Å². The van der Waals surface area contributed by atoms with Crippen molar-refractivity contribution < 1.29 is 0 Å². The Morgan fingerprint density at radius 3 is 2.27 bits per heavy atom. The Morgan fingerprint density at radius 1 is 1.18 bits per heavy atom. The van der Waals surface area contributed by atoms with Crippen molar-refractivity contribution in [1.82, 2.24) is 4.90 Å². The largest absolute Gasteiger partial charge is 0.300 e. The van der Waals surface area contributed by atoms with E-state index < -0.39 is 0 Å². The molecule has 2 unspecified atom stereocenters. The Bertz CT molecular complexity index is 111. The molecule has 0 spiro atoms. The fourth-order valence-corrected chi connectivity index (χ4v) is 2.26. The molecule has 1 fully saturated rings. The molecule has 1 saturated heterocycles. The topological polar surface area (TPSA) is 3.24 Å². The van der Waals surface area contributed by atoms with Gasteiger partial charge in [0.15, 0.2) is 0 Å². The number of likely N-dealkylation sites (tertiary alicyclic amines) is 1. The predicted octanol–water partition coefficient (Wildman–Crippen LogP) is 2.66. The van der Waals surface area contributed by atoms with Crippen molar-refractivity contribution >= 4 is 0 Å². The van der Waals surface area contributed by atoms with E-state index in [0.29, 0.717) is 0 Å². The molecule has 66 valence electrons. The zero-order chi connectivity index (χ0) is 8.27. The molecule has 1 nitrogen and oxygen atoms in total. The average molecular weight is 155 g/mol. The summed E-state index contributed by atoms with van der Waals surface area (Å²) in [6.07, 6.45) is 6.93. The van der Waals surface area contributed by atoms with E-state index >= 15 is 0 Å². The highest BCUT2D eigenvalue weighted by Gasteiger charge is 2.27. The lowest BCUT2D eigenvalue weighted by molar-refractivity contribution is 0.226. The van der Waals surface area contributed by atoms with Gasteiger partial charge in [-0.2, -0.15) is 0 Å². The second kappa shape index (κ2) is 4.10. The van der Waals surface area contributed by atoms with Gasteiger partial charge in [0.25, 0.3) is 0 Å². The maximum atomic E-state index is 2.59. The van der Waals surface area contributed by atoms with Crippen molar-refractivity contribution in [2.75, 3.05) is 7.05 Å². The van der Waals surface area contributed by atoms with Crippen molar-refractivity contribution in [2.45, 2.75) is 58.0 Å². The van der Waals surface area contributed by atoms with E-state index in [9.17, 15) is 0 Å². The molecule has 1 rings (SSSR count). The second-order valence-electron chi connectivity index (χ2n) is 3.75. The highest BCUT2D eigenvalue weighted by atomic mass is 15.2. The monoisotopic (exact) mass is 155 g/mol. The van der Waals surface area contributed by atoms with Crippen LogP contribution in [-0.2, 0) is 0 Å². The molecular weight excluding hydrogens is 134 g/mol. The summed E-state index contributed by atoms with van der Waals surface area (Å²) in [5.41, 5.74) is 0. The number of nitrogens with zero attached hydrogens (tertiary/aromatic N) is 1. The molecular formula is C10H21N. The van der Waals surface area contributed by atoms with Crippen LogP contribution in [0.15, 0.2) is 0 Å². The van der Waals surface area contributed by atoms with Crippen LogP contribution in [0.25, 0.3) is 0 Å². The molecule has 0 N–H and O–H groups in total. The maximum Gasteiger partial charge on any atom is 0.00956 e. The Kier molecular flexibility index (Phi) is 3.38. The molecule has 0 aromatic heterocycles. The van der Waals surface area contributed by atoms with Gasteiger partial charge in [-0.3, -0.25) is 0 Å². The van der Waals surface area contributed by atoms with Crippen LogP contribution in [0.4, 0.5) is 0 Å². The molecule has 0 radical (unpaired) electrons. The van der Waals surface area contributed by atoms with E-state index in [1.54, 1.807) is 0 Å². The summed E-state index contributed by atoms with van der Waals surface area (Å²) < 4.78 is 0. The molecule has 1 aliphatic rings. The van der Waals surface area contributed by atoms with Crippen molar-refractivity contribution in [2.24, 2.45) is 0 Å². The van der Waals surface area contributed by atoms with Crippen LogP contribution in [0.5, 0.6) is 0 Å². The van der Waals surface area contributed by atoms with Gasteiger partial charge in [-0.1, -0.05) is 20.3 Å². The van der Waals surface area contributed by atoms with E-state index in [1.165, 1.54) is 32.1 Å². The zero-order valence-corrected chi connectivity index (χ0v) is 8.14. The lowest BCUT2D eigenvalue weighted by Crippen LogP contribution is -2.31. The van der Waals surface area contributed by atoms with Crippen LogP contribution in [0.2, 0.25) is 0 Å². The predicted molar refractivity (Wildman–Crippen MR) is 49.8 cm³/mol. The molecule has 0 aromatic carbocycles. The van der Waals surface area contributed by atoms with Gasteiger partial charge in [-0.25, -0.2) is 0 Å². The van der Waals surface area contributed by atoms with Crippen molar-refractivity contribution in [3.8, 4) is 0 Å². The van der Waals surface area contributed by atoms with E-state index in [1.807, 2.05) is 0 Å². The van der Waals surface area contributed by atoms with E-state index in [4.69, 9.17) is 0 Å². The number of rotatable bonds is 3. The van der Waals surface area contributed by atoms with Crippen LogP contribution in [0.3, 0.4) is 0 Å². The first-order valence-corrected chi connectivity index (χ1v) is 5.01. The molecule has 0 saturated carbocycles. The van der Waals surface area contributed by atoms with E-state index in [-0.39, 0.29) is 0 Å². The van der Waals surface area contributed by atoms with Crippen LogP contribution < -0.4 is 0 Å². The standard InChI is InChI=1S/C10H21N/c1-4-6-10-8-7-9(5-2)11(10)3/h9-10H,4-8H2,1-3H3. The van der Waals surface area contributed by atoms with Crippen LogP contribution in [0, 0.1) is 0 Å². The molecule has 11 heavy (non-hydrogen) atoms. The third-order valence-electron chi connectivity index (χ3n) is 3.08. The number of hydrogen-bond acceptors (Lipinski definition) is 1. The Labute approximate surface area is 70.8 Å².